The molecule has 7 aromatic carbocycles. The Kier molecular flexibility index (Phi) is 13.1. The van der Waals surface area contributed by atoms with E-state index in [0.29, 0.717) is 11.1 Å². The molecule has 69 heavy (non-hydrogen) atoms. The largest absolute Gasteiger partial charge is 0.456 e. The highest BCUT2D eigenvalue weighted by Crippen LogP contribution is 2.46. The number of ether oxygens (including phenoxy) is 2. The Bertz CT molecular complexity index is 2970. The third-order valence-electron chi connectivity index (χ3n) is 11.8. The van der Waals surface area contributed by atoms with Crippen LogP contribution >= 0.6 is 0 Å². The summed E-state index contributed by atoms with van der Waals surface area (Å²) in [5, 5.41) is 0. The summed E-state index contributed by atoms with van der Waals surface area (Å²) in [6, 6.07) is 71.3. The molecule has 0 spiro atoms. The van der Waals surface area contributed by atoms with E-state index in [0.717, 1.165) is 73.2 Å². The second-order valence-electron chi connectivity index (χ2n) is 19.1. The number of para-hydroxylation sites is 3. The summed E-state index contributed by atoms with van der Waals surface area (Å²) >= 11 is 0. The Balaban J connectivity index is 1.40. The van der Waals surface area contributed by atoms with Gasteiger partial charge in [-0.15, -0.1) is 0 Å². The smallest absolute Gasteiger partial charge is 0.341 e. The van der Waals surface area contributed by atoms with Gasteiger partial charge in [0.15, 0.2) is 0 Å². The average molecular weight is 908 g/mol. The average Bonchev–Trinajstić information content (AvgIpc) is 3.88. The Morgan fingerprint density at radius 2 is 0.667 bits per heavy atom. The zero-order valence-electron chi connectivity index (χ0n) is 40.1. The van der Waals surface area contributed by atoms with Crippen molar-refractivity contribution in [3.8, 4) is 56.1 Å². The highest BCUT2D eigenvalue weighted by Gasteiger charge is 2.36. The van der Waals surface area contributed by atoms with Crippen LogP contribution in [-0.2, 0) is 22.6 Å². The molecule has 9 aromatic rings. The van der Waals surface area contributed by atoms with Gasteiger partial charge in [-0.2, -0.15) is 0 Å². The maximum atomic E-state index is 15.3. The fraction of sp³-hybridized carbons (Fsp3) is 0.161. The minimum absolute atomic E-state index is 0.217. The molecular weight excluding hydrogens is 851 g/mol. The molecule has 9 rings (SSSR count). The van der Waals surface area contributed by atoms with Crippen molar-refractivity contribution in [2.45, 2.75) is 65.8 Å². The van der Waals surface area contributed by atoms with Crippen LogP contribution < -0.4 is 4.90 Å². The van der Waals surface area contributed by atoms with Gasteiger partial charge in [0.25, 0.3) is 0 Å². The lowest BCUT2D eigenvalue weighted by atomic mass is 9.96. The first-order valence-electron chi connectivity index (χ1n) is 23.5. The Morgan fingerprint density at radius 3 is 0.971 bits per heavy atom. The van der Waals surface area contributed by atoms with Crippen molar-refractivity contribution in [1.29, 1.82) is 0 Å². The molecule has 2 heterocycles. The lowest BCUT2D eigenvalue weighted by Gasteiger charge is -2.29. The van der Waals surface area contributed by atoms with Crippen molar-refractivity contribution < 1.29 is 19.1 Å². The molecule has 0 unspecified atom stereocenters. The van der Waals surface area contributed by atoms with Crippen LogP contribution in [0.4, 0.5) is 5.69 Å². The van der Waals surface area contributed by atoms with Crippen molar-refractivity contribution in [2.24, 2.45) is 0 Å². The summed E-state index contributed by atoms with van der Waals surface area (Å²) in [5.41, 5.74) is 10.3. The normalized spacial score (nSPS) is 11.6. The van der Waals surface area contributed by atoms with E-state index >= 15 is 9.59 Å². The van der Waals surface area contributed by atoms with Gasteiger partial charge in [0.1, 0.15) is 11.2 Å². The van der Waals surface area contributed by atoms with E-state index in [1.54, 1.807) is 0 Å². The van der Waals surface area contributed by atoms with Gasteiger partial charge in [0.2, 0.25) is 0 Å². The van der Waals surface area contributed by atoms with Crippen molar-refractivity contribution >= 4 is 17.6 Å². The fourth-order valence-corrected chi connectivity index (χ4v) is 9.11. The van der Waals surface area contributed by atoms with E-state index in [1.165, 1.54) is 0 Å². The molecule has 0 bridgehead atoms. The highest BCUT2D eigenvalue weighted by molar-refractivity contribution is 6.06. The van der Waals surface area contributed by atoms with E-state index in [1.807, 2.05) is 169 Å². The highest BCUT2D eigenvalue weighted by atomic mass is 16.6. The Morgan fingerprint density at radius 1 is 0.391 bits per heavy atom. The molecule has 0 saturated carbocycles. The lowest BCUT2D eigenvalue weighted by molar-refractivity contribution is 0.00569. The molecule has 0 radical (unpaired) electrons. The molecule has 0 amide bonds. The monoisotopic (exact) mass is 907 g/mol. The summed E-state index contributed by atoms with van der Waals surface area (Å²) in [4.78, 5) is 32.9. The maximum absolute atomic E-state index is 15.3. The number of esters is 2. The number of carbonyl (C=O) groups excluding carboxylic acids is 2. The predicted octanol–water partition coefficient (Wildman–Crippen LogP) is 15.1. The molecular formula is C62H57N3O4. The zero-order chi connectivity index (χ0) is 48.1. The van der Waals surface area contributed by atoms with Crippen LogP contribution in [0.5, 0.6) is 0 Å². The van der Waals surface area contributed by atoms with Gasteiger partial charge in [0.05, 0.1) is 47.0 Å². The van der Waals surface area contributed by atoms with E-state index in [2.05, 4.69) is 99.0 Å². The first kappa shape index (κ1) is 46.0. The minimum atomic E-state index is -0.802. The standard InChI is InChI=1S/C62H57N3O4/c1-61(2,3)68-59(66)55-51(64(49-38-24-12-25-39-49)57(46-32-18-9-19-33-46)53(55)44-28-14-7-15-29-44)42-63(48-36-22-11-23-37-48)43-52-56(60(67)69-62(4,5)6)54(45-30-16-8-17-31-45)58(47-34-20-10-21-35-47)65(52)50-40-26-13-27-41-50/h7-41H,42-43H2,1-6H3. The Labute approximate surface area is 405 Å². The number of nitrogens with zero attached hydrogens (tertiary/aromatic N) is 3. The van der Waals surface area contributed by atoms with Gasteiger partial charge in [0, 0.05) is 28.2 Å². The molecule has 0 saturated heterocycles. The first-order valence-corrected chi connectivity index (χ1v) is 23.5. The van der Waals surface area contributed by atoms with Crippen LogP contribution in [0, 0.1) is 0 Å². The maximum Gasteiger partial charge on any atom is 0.341 e. The number of aromatic nitrogens is 2. The van der Waals surface area contributed by atoms with E-state index in [-0.39, 0.29) is 13.1 Å². The van der Waals surface area contributed by atoms with Crippen LogP contribution in [0.1, 0.15) is 73.6 Å². The minimum Gasteiger partial charge on any atom is -0.456 e. The number of rotatable bonds is 13. The van der Waals surface area contributed by atoms with Crippen molar-refractivity contribution in [2.75, 3.05) is 4.90 Å². The molecule has 0 atom stereocenters. The number of hydrogen-bond acceptors (Lipinski definition) is 5. The van der Waals surface area contributed by atoms with Crippen LogP contribution in [0.15, 0.2) is 212 Å². The summed E-state index contributed by atoms with van der Waals surface area (Å²) in [7, 11) is 0. The van der Waals surface area contributed by atoms with Crippen molar-refractivity contribution in [3.63, 3.8) is 0 Å². The third-order valence-corrected chi connectivity index (χ3v) is 11.8. The second-order valence-corrected chi connectivity index (χ2v) is 19.1. The van der Waals surface area contributed by atoms with Gasteiger partial charge in [-0.05, 0) is 100 Å². The lowest BCUT2D eigenvalue weighted by Crippen LogP contribution is -2.30. The van der Waals surface area contributed by atoms with Crippen molar-refractivity contribution in [1.82, 2.24) is 9.13 Å². The molecule has 0 aliphatic heterocycles. The van der Waals surface area contributed by atoms with E-state index < -0.39 is 23.1 Å². The number of carbonyl (C=O) groups is 2. The van der Waals surface area contributed by atoms with E-state index in [9.17, 15) is 0 Å². The van der Waals surface area contributed by atoms with Crippen LogP contribution in [0.2, 0.25) is 0 Å². The van der Waals surface area contributed by atoms with Crippen LogP contribution in [0.3, 0.4) is 0 Å². The van der Waals surface area contributed by atoms with Gasteiger partial charge in [-0.25, -0.2) is 9.59 Å². The predicted molar refractivity (Wildman–Crippen MR) is 280 cm³/mol. The zero-order valence-corrected chi connectivity index (χ0v) is 40.1. The summed E-state index contributed by atoms with van der Waals surface area (Å²) in [5.74, 6) is -0.868. The topological polar surface area (TPSA) is 65.7 Å². The molecule has 0 aliphatic rings. The number of benzene rings is 7. The molecule has 7 heteroatoms. The van der Waals surface area contributed by atoms with Gasteiger partial charge >= 0.3 is 11.9 Å². The molecule has 2 aromatic heterocycles. The van der Waals surface area contributed by atoms with Gasteiger partial charge < -0.3 is 23.5 Å². The quantitative estimate of drug-likeness (QED) is 0.108. The number of anilines is 1. The summed E-state index contributed by atoms with van der Waals surface area (Å²) < 4.78 is 17.3. The molecule has 7 nitrogen and oxygen atoms in total. The molecule has 0 aliphatic carbocycles. The summed E-state index contributed by atoms with van der Waals surface area (Å²) in [6.07, 6.45) is 0. The SMILES string of the molecule is CC(C)(C)OC(=O)c1c(-c2ccccc2)c(-c2ccccc2)n(-c2ccccc2)c1CN(Cc1c(C(=O)OC(C)(C)C)c(-c2ccccc2)c(-c2ccccc2)n1-c1ccccc1)c1ccccc1. The summed E-state index contributed by atoms with van der Waals surface area (Å²) in [6.45, 7) is 11.9. The molecule has 0 N–H and O–H groups in total. The second kappa shape index (κ2) is 19.6. The van der Waals surface area contributed by atoms with Gasteiger partial charge in [-0.1, -0.05) is 176 Å². The Hall–Kier alpha value is -8.16. The number of hydrogen-bond donors (Lipinski definition) is 0. The van der Waals surface area contributed by atoms with Crippen LogP contribution in [0.25, 0.3) is 56.1 Å². The molecule has 344 valence electrons. The van der Waals surface area contributed by atoms with Gasteiger partial charge in [-0.3, -0.25) is 0 Å². The molecule has 0 fully saturated rings. The third kappa shape index (κ3) is 9.95. The van der Waals surface area contributed by atoms with Crippen molar-refractivity contribution in [3.05, 3.63) is 235 Å². The fourth-order valence-electron chi connectivity index (χ4n) is 9.11. The van der Waals surface area contributed by atoms with E-state index in [4.69, 9.17) is 9.47 Å². The van der Waals surface area contributed by atoms with Crippen LogP contribution in [-0.4, -0.2) is 32.3 Å². The first-order chi connectivity index (χ1) is 33.4.